The lowest BCUT2D eigenvalue weighted by molar-refractivity contribution is -0.728. The third kappa shape index (κ3) is 1.57. The van der Waals surface area contributed by atoms with E-state index in [9.17, 15) is 15.3 Å². The highest BCUT2D eigenvalue weighted by molar-refractivity contribution is 5.73. The topological polar surface area (TPSA) is 102 Å². The van der Waals surface area contributed by atoms with Crippen LogP contribution >= 0.6 is 0 Å². The maximum absolute atomic E-state index is 11.4. The van der Waals surface area contributed by atoms with Crippen molar-refractivity contribution in [3.05, 3.63) is 40.1 Å². The molecule has 0 saturated carbocycles. The SMILES string of the molecule is Cc1c(N=O)c(-c2ccc(O)cc2)n(O)[n+]1[O-]. The molecular formula is C10H9N3O4. The van der Waals surface area contributed by atoms with Crippen LogP contribution in [0.4, 0.5) is 5.69 Å². The molecule has 1 aromatic heterocycles. The van der Waals surface area contributed by atoms with E-state index in [1.165, 1.54) is 31.2 Å². The molecule has 1 aromatic carbocycles. The van der Waals surface area contributed by atoms with Gasteiger partial charge in [-0.05, 0) is 34.3 Å². The number of benzene rings is 1. The Kier molecular flexibility index (Phi) is 2.43. The van der Waals surface area contributed by atoms with E-state index in [4.69, 9.17) is 5.11 Å². The Morgan fingerprint density at radius 2 is 1.94 bits per heavy atom. The Morgan fingerprint density at radius 3 is 2.47 bits per heavy atom. The van der Waals surface area contributed by atoms with Crippen LogP contribution in [-0.2, 0) is 0 Å². The van der Waals surface area contributed by atoms with Crippen LogP contribution < -0.4 is 4.85 Å². The van der Waals surface area contributed by atoms with Gasteiger partial charge in [-0.1, -0.05) is 0 Å². The molecule has 1 heterocycles. The molecule has 7 heteroatoms. The zero-order valence-electron chi connectivity index (χ0n) is 8.86. The highest BCUT2D eigenvalue weighted by Gasteiger charge is 2.26. The van der Waals surface area contributed by atoms with Gasteiger partial charge in [0.05, 0.1) is 0 Å². The number of phenols is 1. The number of hydrogen-bond donors (Lipinski definition) is 2. The molecule has 0 aliphatic carbocycles. The van der Waals surface area contributed by atoms with Crippen molar-refractivity contribution in [3.63, 3.8) is 0 Å². The van der Waals surface area contributed by atoms with Gasteiger partial charge in [-0.2, -0.15) is 0 Å². The van der Waals surface area contributed by atoms with Gasteiger partial charge in [0, 0.05) is 17.3 Å². The Balaban J connectivity index is 2.70. The minimum atomic E-state index is -0.131. The summed E-state index contributed by atoms with van der Waals surface area (Å²) >= 11 is 0. The molecule has 17 heavy (non-hydrogen) atoms. The third-order valence-corrected chi connectivity index (χ3v) is 2.46. The number of aromatic hydroxyl groups is 1. The average Bonchev–Trinajstić information content (AvgIpc) is 2.54. The molecule has 0 saturated heterocycles. The van der Waals surface area contributed by atoms with Crippen LogP contribution in [0.2, 0.25) is 0 Å². The van der Waals surface area contributed by atoms with Crippen LogP contribution in [0, 0.1) is 17.0 Å². The summed E-state index contributed by atoms with van der Waals surface area (Å²) in [6.07, 6.45) is 0. The van der Waals surface area contributed by atoms with E-state index in [2.05, 4.69) is 5.18 Å². The van der Waals surface area contributed by atoms with Crippen LogP contribution in [-0.4, -0.2) is 15.2 Å². The summed E-state index contributed by atoms with van der Waals surface area (Å²) in [5, 5.41) is 32.8. The van der Waals surface area contributed by atoms with E-state index in [0.29, 0.717) is 10.4 Å². The summed E-state index contributed by atoms with van der Waals surface area (Å²) in [4.78, 5) is 11.1. The molecule has 0 aliphatic heterocycles. The fourth-order valence-electron chi connectivity index (χ4n) is 1.57. The summed E-state index contributed by atoms with van der Waals surface area (Å²) < 4.78 is 0. The molecule has 0 spiro atoms. The largest absolute Gasteiger partial charge is 0.593 e. The van der Waals surface area contributed by atoms with Gasteiger partial charge in [0.15, 0.2) is 5.69 Å². The van der Waals surface area contributed by atoms with E-state index in [0.717, 1.165) is 0 Å². The Labute approximate surface area is 95.7 Å². The number of aromatic nitrogens is 2. The van der Waals surface area contributed by atoms with Crippen molar-refractivity contribution >= 4 is 5.69 Å². The second-order valence-electron chi connectivity index (χ2n) is 3.48. The smallest absolute Gasteiger partial charge is 0.251 e. The van der Waals surface area contributed by atoms with Crippen LogP contribution in [0.25, 0.3) is 11.3 Å². The lowest BCUT2D eigenvalue weighted by Crippen LogP contribution is -2.38. The summed E-state index contributed by atoms with van der Waals surface area (Å²) in [7, 11) is 0. The van der Waals surface area contributed by atoms with E-state index in [-0.39, 0.29) is 27.7 Å². The maximum Gasteiger partial charge on any atom is 0.251 e. The predicted molar refractivity (Wildman–Crippen MR) is 57.9 cm³/mol. The minimum Gasteiger partial charge on any atom is -0.593 e. The Morgan fingerprint density at radius 1 is 1.35 bits per heavy atom. The molecular weight excluding hydrogens is 226 g/mol. The second-order valence-corrected chi connectivity index (χ2v) is 3.48. The highest BCUT2D eigenvalue weighted by Crippen LogP contribution is 2.32. The number of nitrogens with zero attached hydrogens (tertiary/aromatic N) is 3. The zero-order valence-corrected chi connectivity index (χ0v) is 8.86. The summed E-state index contributed by atoms with van der Waals surface area (Å²) in [5.74, 6) is 0.0390. The van der Waals surface area contributed by atoms with Gasteiger partial charge in [0.2, 0.25) is 5.69 Å². The fourth-order valence-corrected chi connectivity index (χ4v) is 1.57. The first kappa shape index (κ1) is 10.9. The Bertz CT molecular complexity index is 574. The van der Waals surface area contributed by atoms with Crippen molar-refractivity contribution < 1.29 is 15.2 Å². The molecule has 2 rings (SSSR count). The van der Waals surface area contributed by atoms with Crippen LogP contribution in [0.5, 0.6) is 5.75 Å². The molecule has 0 fully saturated rings. The lowest BCUT2D eigenvalue weighted by Gasteiger charge is -2.00. The summed E-state index contributed by atoms with van der Waals surface area (Å²) in [6, 6.07) is 5.68. The van der Waals surface area contributed by atoms with E-state index >= 15 is 0 Å². The van der Waals surface area contributed by atoms with Crippen molar-refractivity contribution in [1.82, 2.24) is 4.85 Å². The number of hydrogen-bond acceptors (Lipinski definition) is 5. The van der Waals surface area contributed by atoms with Crippen molar-refractivity contribution in [3.8, 4) is 17.0 Å². The molecule has 0 atom stereocenters. The first-order valence-electron chi connectivity index (χ1n) is 4.73. The first-order valence-corrected chi connectivity index (χ1v) is 4.73. The fraction of sp³-hybridized carbons (Fsp3) is 0.100. The number of rotatable bonds is 2. The van der Waals surface area contributed by atoms with Crippen molar-refractivity contribution in [2.45, 2.75) is 6.92 Å². The molecule has 2 N–H and O–H groups in total. The van der Waals surface area contributed by atoms with Gasteiger partial charge in [-0.3, -0.25) is 0 Å². The molecule has 88 valence electrons. The van der Waals surface area contributed by atoms with E-state index in [1.807, 2.05) is 0 Å². The molecule has 0 aliphatic rings. The lowest BCUT2D eigenvalue weighted by atomic mass is 10.1. The number of phenolic OH excluding ortho intramolecular Hbond substituents is 1. The van der Waals surface area contributed by atoms with Crippen LogP contribution in [0.15, 0.2) is 29.4 Å². The summed E-state index contributed by atoms with van der Waals surface area (Å²) in [5.41, 5.74) is 0.267. The van der Waals surface area contributed by atoms with Crippen LogP contribution in [0.1, 0.15) is 5.69 Å². The predicted octanol–water partition coefficient (Wildman–Crippen LogP) is 1.44. The van der Waals surface area contributed by atoms with Gasteiger partial charge >= 0.3 is 0 Å². The molecule has 0 unspecified atom stereocenters. The molecule has 7 nitrogen and oxygen atoms in total. The molecule has 0 bridgehead atoms. The van der Waals surface area contributed by atoms with Gasteiger partial charge in [0.25, 0.3) is 5.69 Å². The number of nitroso groups, excluding NO2 is 1. The second kappa shape index (κ2) is 3.78. The first-order chi connectivity index (χ1) is 8.06. The highest BCUT2D eigenvalue weighted by atomic mass is 16.6. The molecule has 0 radical (unpaired) electrons. The molecule has 2 aromatic rings. The quantitative estimate of drug-likeness (QED) is 0.356. The monoisotopic (exact) mass is 235 g/mol. The van der Waals surface area contributed by atoms with Crippen molar-refractivity contribution in [2.75, 3.05) is 0 Å². The zero-order chi connectivity index (χ0) is 12.6. The Hall–Kier alpha value is -2.57. The maximum atomic E-state index is 11.4. The third-order valence-electron chi connectivity index (χ3n) is 2.46. The van der Waals surface area contributed by atoms with Gasteiger partial charge in [0.1, 0.15) is 5.75 Å². The van der Waals surface area contributed by atoms with Gasteiger partial charge in [-0.15, -0.1) is 4.91 Å². The van der Waals surface area contributed by atoms with Crippen molar-refractivity contribution in [2.24, 2.45) is 5.18 Å². The van der Waals surface area contributed by atoms with Crippen LogP contribution in [0.3, 0.4) is 0 Å². The van der Waals surface area contributed by atoms with Gasteiger partial charge in [-0.25, -0.2) is 0 Å². The summed E-state index contributed by atoms with van der Waals surface area (Å²) in [6.45, 7) is 1.38. The van der Waals surface area contributed by atoms with E-state index < -0.39 is 0 Å². The normalized spacial score (nSPS) is 10.4. The molecule has 0 amide bonds. The van der Waals surface area contributed by atoms with E-state index in [1.54, 1.807) is 0 Å². The van der Waals surface area contributed by atoms with Crippen molar-refractivity contribution in [1.29, 1.82) is 0 Å². The minimum absolute atomic E-state index is 0.00516. The standard InChI is InChI=1S/C10H9N3O4/c1-6-9(11-15)10(13(17)12(6)16)7-2-4-8(14)5-3-7/h2-5,14,17H,1H3. The van der Waals surface area contributed by atoms with Gasteiger partial charge < -0.3 is 15.5 Å². The average molecular weight is 235 g/mol.